The largest absolute Gasteiger partial charge is 0.395 e. The molecule has 0 aliphatic rings. The minimum Gasteiger partial charge on any atom is -0.395 e. The van der Waals surface area contributed by atoms with E-state index in [1.54, 1.807) is 18.2 Å². The molecule has 0 aromatic heterocycles. The molecule has 0 unspecified atom stereocenters. The Morgan fingerprint density at radius 3 is 1.38 bits per heavy atom. The van der Waals surface area contributed by atoms with E-state index in [2.05, 4.69) is 13.8 Å². The first-order valence-electron chi connectivity index (χ1n) is 15.7. The maximum absolute atomic E-state index is 12.6. The van der Waals surface area contributed by atoms with Crippen LogP contribution in [0, 0.1) is 0 Å². The van der Waals surface area contributed by atoms with Crippen LogP contribution in [0.1, 0.15) is 115 Å². The summed E-state index contributed by atoms with van der Waals surface area (Å²) < 4.78 is 70.2. The molecule has 0 saturated heterocycles. The van der Waals surface area contributed by atoms with Gasteiger partial charge in [0.1, 0.15) is 9.79 Å². The summed E-state index contributed by atoms with van der Waals surface area (Å²) in [6, 6.07) is 6.68. The Bertz CT molecular complexity index is 1260. The minimum absolute atomic E-state index is 0.133. The molecule has 0 saturated carbocycles. The molecule has 10 heteroatoms. The van der Waals surface area contributed by atoms with Crippen molar-refractivity contribution in [2.45, 2.75) is 126 Å². The van der Waals surface area contributed by atoms with Gasteiger partial charge in [0.05, 0.1) is 6.61 Å². The second kappa shape index (κ2) is 20.4. The average molecular weight is 630 g/mol. The monoisotopic (exact) mass is 629 g/mol. The Hall–Kier alpha value is -1.56. The highest BCUT2D eigenvalue weighted by atomic mass is 32.2. The molecule has 2 aromatic carbocycles. The maximum Gasteiger partial charge on any atom is 0.296 e. The molecular weight excluding hydrogens is 574 g/mol. The lowest BCUT2D eigenvalue weighted by Crippen LogP contribution is -2.15. The summed E-state index contributed by atoms with van der Waals surface area (Å²) >= 11 is 0. The second-order valence-electron chi connectivity index (χ2n) is 11.4. The number of nitrogens with zero attached hydrogens (tertiary/aromatic N) is 1. The van der Waals surface area contributed by atoms with Crippen LogP contribution in [-0.2, 0) is 33.1 Å². The standard InChI is InChI=1S/C28H44O6S2.C4H11NO/c1-3-5-7-9-11-13-15-19-23-24-20-17-18-22-26(24)28(36(32,33)34)27(35(29,30)31)25(23)21-16-14-12-10-8-6-4-2;1-5(2)3-4-6/h17-18,20,22H,3-16,19,21H2,1-2H3,(H,29,30,31)(H,32,33,34);6H,3-4H2,1-2H3. The molecule has 0 spiro atoms. The van der Waals surface area contributed by atoms with Crippen LogP contribution >= 0.6 is 0 Å². The number of aryl methyl sites for hydroxylation is 1. The van der Waals surface area contributed by atoms with E-state index >= 15 is 0 Å². The predicted octanol–water partition coefficient (Wildman–Crippen LogP) is 7.46. The first-order chi connectivity index (χ1) is 19.9. The summed E-state index contributed by atoms with van der Waals surface area (Å²) in [5.74, 6) is 0. The lowest BCUT2D eigenvalue weighted by molar-refractivity contribution is 0.243. The van der Waals surface area contributed by atoms with Gasteiger partial charge in [-0.25, -0.2) is 0 Å². The van der Waals surface area contributed by atoms with Gasteiger partial charge in [0.2, 0.25) is 0 Å². The van der Waals surface area contributed by atoms with Crippen molar-refractivity contribution in [2.75, 3.05) is 27.2 Å². The number of benzene rings is 2. The summed E-state index contributed by atoms with van der Waals surface area (Å²) in [7, 11) is -5.95. The van der Waals surface area contributed by atoms with E-state index in [9.17, 15) is 25.9 Å². The number of fused-ring (bicyclic) bond motifs is 1. The maximum atomic E-state index is 12.6. The van der Waals surface area contributed by atoms with Crippen molar-refractivity contribution in [1.82, 2.24) is 4.90 Å². The summed E-state index contributed by atoms with van der Waals surface area (Å²) in [6.45, 7) is 5.37. The molecule has 0 aliphatic heterocycles. The van der Waals surface area contributed by atoms with Gasteiger partial charge in [-0.2, -0.15) is 16.8 Å². The van der Waals surface area contributed by atoms with Crippen molar-refractivity contribution in [3.63, 3.8) is 0 Å². The Morgan fingerprint density at radius 2 is 1.00 bits per heavy atom. The Labute approximate surface area is 255 Å². The average Bonchev–Trinajstić information content (AvgIpc) is 2.91. The van der Waals surface area contributed by atoms with Gasteiger partial charge in [0.15, 0.2) is 0 Å². The van der Waals surface area contributed by atoms with E-state index in [1.807, 2.05) is 19.0 Å². The van der Waals surface area contributed by atoms with Gasteiger partial charge in [-0.1, -0.05) is 115 Å². The molecule has 42 heavy (non-hydrogen) atoms. The van der Waals surface area contributed by atoms with Crippen LogP contribution in [0.15, 0.2) is 34.1 Å². The van der Waals surface area contributed by atoms with Crippen LogP contribution in [0.5, 0.6) is 0 Å². The van der Waals surface area contributed by atoms with Crippen molar-refractivity contribution >= 4 is 31.0 Å². The molecule has 0 fully saturated rings. The highest BCUT2D eigenvalue weighted by Crippen LogP contribution is 2.38. The fourth-order valence-electron chi connectivity index (χ4n) is 5.30. The predicted molar refractivity (Wildman–Crippen MR) is 173 cm³/mol. The molecule has 2 rings (SSSR count). The van der Waals surface area contributed by atoms with E-state index < -0.39 is 30.0 Å². The number of unbranched alkanes of at least 4 members (excludes halogenated alkanes) is 12. The summed E-state index contributed by atoms with van der Waals surface area (Å²) in [5.41, 5.74) is 1.11. The van der Waals surface area contributed by atoms with Gasteiger partial charge in [0.25, 0.3) is 20.2 Å². The van der Waals surface area contributed by atoms with Crippen molar-refractivity contribution < 1.29 is 31.0 Å². The van der Waals surface area contributed by atoms with Gasteiger partial charge in [-0.15, -0.1) is 0 Å². The molecule has 0 radical (unpaired) electrons. The number of hydrogen-bond acceptors (Lipinski definition) is 6. The second-order valence-corrected chi connectivity index (χ2v) is 14.1. The third-order valence-corrected chi connectivity index (χ3v) is 9.50. The molecular formula is C32H55NO7S2. The van der Waals surface area contributed by atoms with Crippen molar-refractivity contribution in [3.05, 3.63) is 35.4 Å². The first-order valence-corrected chi connectivity index (χ1v) is 18.5. The molecule has 0 heterocycles. The SMILES string of the molecule is CCCCCCCCCc1c(S(=O)(=O)O)c(S(=O)(=O)O)c2ccccc2c1CCCCCCCCC.CN(C)CCO. The molecule has 0 amide bonds. The third-order valence-electron chi connectivity index (χ3n) is 7.47. The van der Waals surface area contributed by atoms with Crippen LogP contribution < -0.4 is 0 Å². The van der Waals surface area contributed by atoms with Crippen LogP contribution in [0.2, 0.25) is 0 Å². The topological polar surface area (TPSA) is 132 Å². The summed E-state index contributed by atoms with van der Waals surface area (Å²) in [6.07, 6.45) is 15.9. The number of aliphatic hydroxyl groups is 1. The fourth-order valence-corrected chi connectivity index (χ4v) is 7.63. The van der Waals surface area contributed by atoms with Gasteiger partial charge in [-0.3, -0.25) is 9.11 Å². The number of hydrogen-bond donors (Lipinski definition) is 3. The van der Waals surface area contributed by atoms with Crippen molar-refractivity contribution in [1.29, 1.82) is 0 Å². The zero-order chi connectivity index (χ0) is 31.6. The van der Waals surface area contributed by atoms with E-state index in [0.717, 1.165) is 63.5 Å². The molecule has 0 atom stereocenters. The van der Waals surface area contributed by atoms with Gasteiger partial charge in [0, 0.05) is 11.9 Å². The van der Waals surface area contributed by atoms with E-state index in [0.29, 0.717) is 30.2 Å². The van der Waals surface area contributed by atoms with Crippen LogP contribution in [0.4, 0.5) is 0 Å². The van der Waals surface area contributed by atoms with Crippen LogP contribution in [0.3, 0.4) is 0 Å². The van der Waals surface area contributed by atoms with E-state index in [1.165, 1.54) is 38.2 Å². The Morgan fingerprint density at radius 1 is 0.595 bits per heavy atom. The first kappa shape index (κ1) is 38.5. The molecule has 2 aromatic rings. The van der Waals surface area contributed by atoms with Gasteiger partial charge < -0.3 is 10.0 Å². The molecule has 242 valence electrons. The van der Waals surface area contributed by atoms with Crippen molar-refractivity contribution in [3.8, 4) is 0 Å². The summed E-state index contributed by atoms with van der Waals surface area (Å²) in [4.78, 5) is 0.578. The number of rotatable bonds is 20. The number of likely N-dealkylation sites (N-methyl/N-ethyl adjacent to an activating group) is 1. The van der Waals surface area contributed by atoms with Gasteiger partial charge >= 0.3 is 0 Å². The van der Waals surface area contributed by atoms with E-state index in [4.69, 9.17) is 5.11 Å². The quantitative estimate of drug-likeness (QED) is 0.102. The fraction of sp³-hybridized carbons (Fsp3) is 0.688. The van der Waals surface area contributed by atoms with E-state index in [-0.39, 0.29) is 12.0 Å². The zero-order valence-corrected chi connectivity index (χ0v) is 27.9. The lowest BCUT2D eigenvalue weighted by Gasteiger charge is -2.20. The third kappa shape index (κ3) is 13.8. The smallest absolute Gasteiger partial charge is 0.296 e. The molecule has 3 N–H and O–H groups in total. The number of aliphatic hydroxyl groups excluding tert-OH is 1. The van der Waals surface area contributed by atoms with Crippen LogP contribution in [-0.4, -0.2) is 63.2 Å². The lowest BCUT2D eigenvalue weighted by atomic mass is 9.91. The molecule has 0 aliphatic carbocycles. The van der Waals surface area contributed by atoms with Crippen molar-refractivity contribution in [2.24, 2.45) is 0 Å². The molecule has 0 bridgehead atoms. The Kier molecular flexibility index (Phi) is 18.7. The minimum atomic E-state index is -4.91. The normalized spacial score (nSPS) is 12.1. The molecule has 8 nitrogen and oxygen atoms in total. The van der Waals surface area contributed by atoms with Gasteiger partial charge in [-0.05, 0) is 56.3 Å². The summed E-state index contributed by atoms with van der Waals surface area (Å²) in [5, 5.41) is 8.95. The highest BCUT2D eigenvalue weighted by molar-refractivity contribution is 7.89. The highest BCUT2D eigenvalue weighted by Gasteiger charge is 2.32. The zero-order valence-electron chi connectivity index (χ0n) is 26.3. The van der Waals surface area contributed by atoms with Crippen LogP contribution in [0.25, 0.3) is 10.8 Å². The Balaban J connectivity index is 0.00000132.